The zero-order valence-electron chi connectivity index (χ0n) is 14.8. The average molecular weight is 404 g/mol. The molecule has 0 saturated carbocycles. The number of amides is 3. The van der Waals surface area contributed by atoms with Crippen LogP contribution >= 0.6 is 11.3 Å². The predicted molar refractivity (Wildman–Crippen MR) is 103 cm³/mol. The van der Waals surface area contributed by atoms with Crippen LogP contribution in [0.3, 0.4) is 0 Å². The summed E-state index contributed by atoms with van der Waals surface area (Å²) in [4.78, 5) is 24.6. The van der Waals surface area contributed by atoms with Gasteiger partial charge in [-0.1, -0.05) is 11.8 Å². The van der Waals surface area contributed by atoms with E-state index < -0.39 is 17.7 Å². The summed E-state index contributed by atoms with van der Waals surface area (Å²) in [7, 11) is 0. The highest BCUT2D eigenvalue weighted by molar-refractivity contribution is 7.15. The predicted octanol–water partition coefficient (Wildman–Crippen LogP) is 2.40. The number of hydrogen-bond donors (Lipinski definition) is 4. The largest absolute Gasteiger partial charge is 0.351 e. The normalized spacial score (nSPS) is 16.0. The van der Waals surface area contributed by atoms with Crippen LogP contribution in [0.4, 0.5) is 19.3 Å². The van der Waals surface area contributed by atoms with Crippen molar-refractivity contribution in [2.45, 2.75) is 18.9 Å². The molecule has 5 N–H and O–H groups in total. The second kappa shape index (κ2) is 8.82. The van der Waals surface area contributed by atoms with Gasteiger partial charge in [-0.15, -0.1) is 11.3 Å². The number of thiophene rings is 1. The molecule has 0 aliphatic carbocycles. The zero-order chi connectivity index (χ0) is 20.1. The summed E-state index contributed by atoms with van der Waals surface area (Å²) >= 11 is 1.08. The Morgan fingerprint density at radius 1 is 1.21 bits per heavy atom. The number of primary amides is 1. The highest BCUT2D eigenvalue weighted by Gasteiger charge is 2.21. The number of carbonyl (C=O) groups is 2. The van der Waals surface area contributed by atoms with E-state index in [-0.39, 0.29) is 28.1 Å². The number of piperidine rings is 1. The number of halogens is 2. The van der Waals surface area contributed by atoms with E-state index in [1.807, 2.05) is 0 Å². The first-order valence-corrected chi connectivity index (χ1v) is 9.43. The minimum atomic E-state index is -0.991. The molecule has 9 heteroatoms. The van der Waals surface area contributed by atoms with Gasteiger partial charge in [0, 0.05) is 18.2 Å². The van der Waals surface area contributed by atoms with E-state index in [0.29, 0.717) is 11.4 Å². The van der Waals surface area contributed by atoms with Crippen LogP contribution in [-0.2, 0) is 0 Å². The molecule has 1 aromatic heterocycles. The summed E-state index contributed by atoms with van der Waals surface area (Å²) in [5.41, 5.74) is 5.73. The highest BCUT2D eigenvalue weighted by atomic mass is 32.1. The van der Waals surface area contributed by atoms with E-state index >= 15 is 0 Å². The second-order valence-corrected chi connectivity index (χ2v) is 7.29. The Hall–Kier alpha value is -2.96. The smallest absolute Gasteiger partial charge is 0.316 e. The molecular formula is C19H18F2N4O2S. The molecule has 1 aromatic carbocycles. The zero-order valence-corrected chi connectivity index (χ0v) is 15.6. The van der Waals surface area contributed by atoms with Gasteiger partial charge in [-0.25, -0.2) is 13.6 Å². The first-order chi connectivity index (χ1) is 13.4. The maximum atomic E-state index is 13.3. The minimum Gasteiger partial charge on any atom is -0.351 e. The third-order valence-electron chi connectivity index (χ3n) is 4.08. The van der Waals surface area contributed by atoms with Gasteiger partial charge in [0.05, 0.1) is 10.6 Å². The van der Waals surface area contributed by atoms with Crippen molar-refractivity contribution in [3.05, 3.63) is 51.2 Å². The van der Waals surface area contributed by atoms with E-state index in [2.05, 4.69) is 27.8 Å². The van der Waals surface area contributed by atoms with Crippen molar-refractivity contribution in [3.8, 4) is 11.8 Å². The molecular weight excluding hydrogens is 386 g/mol. The molecule has 0 radical (unpaired) electrons. The lowest BCUT2D eigenvalue weighted by molar-refractivity contribution is 0.0935. The molecule has 6 nitrogen and oxygen atoms in total. The number of rotatable bonds is 3. The molecule has 3 amide bonds. The molecule has 28 heavy (non-hydrogen) atoms. The molecule has 1 saturated heterocycles. The Kier molecular flexibility index (Phi) is 6.23. The van der Waals surface area contributed by atoms with E-state index in [0.717, 1.165) is 42.9 Å². The first kappa shape index (κ1) is 19.8. The molecule has 146 valence electrons. The minimum absolute atomic E-state index is 0.00139. The summed E-state index contributed by atoms with van der Waals surface area (Å²) in [6.07, 6.45) is 1.83. The van der Waals surface area contributed by atoms with E-state index in [1.54, 1.807) is 0 Å². The van der Waals surface area contributed by atoms with Crippen LogP contribution in [0.15, 0.2) is 24.3 Å². The van der Waals surface area contributed by atoms with E-state index in [4.69, 9.17) is 5.73 Å². The molecule has 1 unspecified atom stereocenters. The highest BCUT2D eigenvalue weighted by Crippen LogP contribution is 2.27. The summed E-state index contributed by atoms with van der Waals surface area (Å²) in [6.45, 7) is 1.60. The molecule has 2 aromatic rings. The Bertz CT molecular complexity index is 959. The quantitative estimate of drug-likeness (QED) is 0.592. The van der Waals surface area contributed by atoms with Crippen LogP contribution in [0, 0.1) is 23.5 Å². The fourth-order valence-corrected chi connectivity index (χ4v) is 3.65. The molecule has 0 bridgehead atoms. The van der Waals surface area contributed by atoms with Gasteiger partial charge < -0.3 is 21.7 Å². The Morgan fingerprint density at radius 3 is 2.71 bits per heavy atom. The number of carbonyl (C=O) groups excluding carboxylic acids is 2. The van der Waals surface area contributed by atoms with Gasteiger partial charge in [0.1, 0.15) is 4.88 Å². The molecule has 1 aliphatic heterocycles. The second-order valence-electron chi connectivity index (χ2n) is 6.24. The maximum absolute atomic E-state index is 13.3. The van der Waals surface area contributed by atoms with Crippen molar-refractivity contribution in [1.82, 2.24) is 10.6 Å². The van der Waals surface area contributed by atoms with E-state index in [9.17, 15) is 18.4 Å². The van der Waals surface area contributed by atoms with Crippen molar-refractivity contribution < 1.29 is 18.4 Å². The Balaban J connectivity index is 1.83. The third-order valence-corrected chi connectivity index (χ3v) is 5.13. The SMILES string of the molecule is NC(=O)Nc1cc(C#Cc2ccc(F)c(F)c2)sc1C(=O)NC1CCCNC1. The van der Waals surface area contributed by atoms with Crippen molar-refractivity contribution in [3.63, 3.8) is 0 Å². The van der Waals surface area contributed by atoms with Crippen LogP contribution < -0.4 is 21.7 Å². The topological polar surface area (TPSA) is 96.2 Å². The lowest BCUT2D eigenvalue weighted by Crippen LogP contribution is -2.45. The third kappa shape index (κ3) is 5.06. The molecule has 2 heterocycles. The standard InChI is InChI=1S/C19H18F2N4O2S/c20-14-6-4-11(8-15(14)21)3-5-13-9-16(25-19(22)27)17(28-13)18(26)24-12-2-1-7-23-10-12/h4,6,8-9,12,23H,1-2,7,10H2,(H,24,26)(H3,22,25,27). The van der Waals surface area contributed by atoms with Gasteiger partial charge in [0.25, 0.3) is 5.91 Å². The van der Waals surface area contributed by atoms with Gasteiger partial charge >= 0.3 is 6.03 Å². The van der Waals surface area contributed by atoms with Crippen LogP contribution in [0.5, 0.6) is 0 Å². The van der Waals surface area contributed by atoms with Crippen LogP contribution in [-0.4, -0.2) is 31.1 Å². The molecule has 1 atom stereocenters. The van der Waals surface area contributed by atoms with Crippen molar-refractivity contribution in [2.24, 2.45) is 5.73 Å². The fourth-order valence-electron chi connectivity index (χ4n) is 2.78. The van der Waals surface area contributed by atoms with Gasteiger partial charge in [0.2, 0.25) is 0 Å². The molecule has 3 rings (SSSR count). The van der Waals surface area contributed by atoms with Crippen molar-refractivity contribution >= 4 is 29.0 Å². The number of hydrogen-bond acceptors (Lipinski definition) is 4. The van der Waals surface area contributed by atoms with Crippen LogP contribution in [0.2, 0.25) is 0 Å². The number of urea groups is 1. The van der Waals surface area contributed by atoms with Crippen LogP contribution in [0.25, 0.3) is 0 Å². The lowest BCUT2D eigenvalue weighted by Gasteiger charge is -2.23. The van der Waals surface area contributed by atoms with Crippen molar-refractivity contribution in [2.75, 3.05) is 18.4 Å². The number of benzene rings is 1. The lowest BCUT2D eigenvalue weighted by atomic mass is 10.1. The van der Waals surface area contributed by atoms with Gasteiger partial charge in [-0.2, -0.15) is 0 Å². The van der Waals surface area contributed by atoms with E-state index in [1.165, 1.54) is 12.1 Å². The number of nitrogens with two attached hydrogens (primary N) is 1. The molecule has 0 spiro atoms. The monoisotopic (exact) mass is 404 g/mol. The summed E-state index contributed by atoms with van der Waals surface area (Å²) < 4.78 is 26.3. The Labute approximate surface area is 164 Å². The van der Waals surface area contributed by atoms with Crippen LogP contribution in [0.1, 0.15) is 33.0 Å². The summed E-state index contributed by atoms with van der Waals surface area (Å²) in [5, 5.41) is 8.56. The number of anilines is 1. The summed E-state index contributed by atoms with van der Waals surface area (Å²) in [6, 6.07) is 4.06. The Morgan fingerprint density at radius 2 is 2.04 bits per heavy atom. The molecule has 1 aliphatic rings. The maximum Gasteiger partial charge on any atom is 0.316 e. The number of nitrogens with one attached hydrogen (secondary N) is 3. The van der Waals surface area contributed by atoms with Gasteiger partial charge in [0.15, 0.2) is 11.6 Å². The average Bonchev–Trinajstić information content (AvgIpc) is 3.05. The van der Waals surface area contributed by atoms with Gasteiger partial charge in [-0.3, -0.25) is 4.79 Å². The molecule has 1 fully saturated rings. The summed E-state index contributed by atoms with van der Waals surface area (Å²) in [5.74, 6) is 3.23. The van der Waals surface area contributed by atoms with Crippen molar-refractivity contribution in [1.29, 1.82) is 0 Å². The first-order valence-electron chi connectivity index (χ1n) is 8.61. The fraction of sp³-hybridized carbons (Fsp3) is 0.263. The van der Waals surface area contributed by atoms with Gasteiger partial charge in [-0.05, 0) is 43.7 Å².